The topological polar surface area (TPSA) is 72.7 Å². The molecule has 0 aliphatic heterocycles. The number of nitrogens with zero attached hydrogens (tertiary/aromatic N) is 2. The fourth-order valence-corrected chi connectivity index (χ4v) is 3.69. The summed E-state index contributed by atoms with van der Waals surface area (Å²) in [6, 6.07) is 13.0. The number of quaternary nitrogens is 1. The Kier molecular flexibility index (Phi) is 4.65. The van der Waals surface area contributed by atoms with Crippen molar-refractivity contribution in [2.45, 2.75) is 20.4 Å². The Labute approximate surface area is 162 Å². The molecule has 0 bridgehead atoms. The SMILES string of the molecule is CC[NH+](CC)Cc1c(O)ccc2cc(-c3nc4ccccc4n3C)c(=O)oc12. The standard InChI is InChI=1S/C22H23N3O3/c1-4-25(5-2)13-16-19(26)11-10-14-12-15(22(27)28-20(14)16)21-23-17-8-6-7-9-18(17)24(21)3/h6-12,26H,4-5,13H2,1-3H3/p+1. The summed E-state index contributed by atoms with van der Waals surface area (Å²) in [5.41, 5.74) is 2.87. The van der Waals surface area contributed by atoms with Crippen LogP contribution in [0.4, 0.5) is 0 Å². The van der Waals surface area contributed by atoms with E-state index in [1.165, 1.54) is 4.90 Å². The third kappa shape index (κ3) is 2.96. The lowest BCUT2D eigenvalue weighted by atomic mass is 10.1. The molecule has 0 unspecified atom stereocenters. The molecule has 144 valence electrons. The summed E-state index contributed by atoms with van der Waals surface area (Å²) in [4.78, 5) is 18.8. The number of rotatable bonds is 5. The molecule has 2 aromatic carbocycles. The molecule has 0 aliphatic rings. The fraction of sp³-hybridized carbons (Fsp3) is 0.273. The van der Waals surface area contributed by atoms with Crippen molar-refractivity contribution in [2.24, 2.45) is 7.05 Å². The van der Waals surface area contributed by atoms with Crippen molar-refractivity contribution in [3.05, 3.63) is 58.4 Å². The van der Waals surface area contributed by atoms with Gasteiger partial charge in [0.15, 0.2) is 5.58 Å². The molecule has 0 fully saturated rings. The summed E-state index contributed by atoms with van der Waals surface area (Å²) in [5, 5.41) is 11.2. The lowest BCUT2D eigenvalue weighted by molar-refractivity contribution is -0.910. The number of para-hydroxylation sites is 2. The van der Waals surface area contributed by atoms with Crippen LogP contribution < -0.4 is 10.5 Å². The maximum atomic E-state index is 12.8. The van der Waals surface area contributed by atoms with Crippen LogP contribution in [0.15, 0.2) is 51.7 Å². The number of aryl methyl sites for hydroxylation is 1. The van der Waals surface area contributed by atoms with E-state index < -0.39 is 5.63 Å². The van der Waals surface area contributed by atoms with E-state index in [0.29, 0.717) is 29.1 Å². The molecular weight excluding hydrogens is 354 g/mol. The first-order valence-electron chi connectivity index (χ1n) is 9.57. The van der Waals surface area contributed by atoms with Crippen LogP contribution in [0.5, 0.6) is 5.75 Å². The Balaban J connectivity index is 1.91. The average molecular weight is 378 g/mol. The summed E-state index contributed by atoms with van der Waals surface area (Å²) in [5.74, 6) is 0.728. The minimum Gasteiger partial charge on any atom is -0.507 e. The molecule has 0 amide bonds. The summed E-state index contributed by atoms with van der Waals surface area (Å²) in [7, 11) is 1.89. The Morgan fingerprint density at radius 1 is 1.14 bits per heavy atom. The van der Waals surface area contributed by atoms with Gasteiger partial charge in [0.1, 0.15) is 23.7 Å². The summed E-state index contributed by atoms with van der Waals surface area (Å²) in [6.07, 6.45) is 0. The van der Waals surface area contributed by atoms with E-state index in [1.54, 1.807) is 12.1 Å². The number of aromatic hydroxyl groups is 1. The maximum Gasteiger partial charge on any atom is 0.347 e. The molecule has 0 saturated heterocycles. The second-order valence-electron chi connectivity index (χ2n) is 7.05. The van der Waals surface area contributed by atoms with E-state index in [4.69, 9.17) is 4.42 Å². The first-order chi connectivity index (χ1) is 13.5. The van der Waals surface area contributed by atoms with Crippen molar-refractivity contribution in [2.75, 3.05) is 13.1 Å². The van der Waals surface area contributed by atoms with Crippen molar-refractivity contribution in [1.82, 2.24) is 9.55 Å². The van der Waals surface area contributed by atoms with Gasteiger partial charge in [0.25, 0.3) is 0 Å². The molecule has 2 heterocycles. The van der Waals surface area contributed by atoms with Crippen LogP contribution in [0, 0.1) is 0 Å². The molecule has 0 radical (unpaired) electrons. The lowest BCUT2D eigenvalue weighted by Gasteiger charge is -2.17. The van der Waals surface area contributed by atoms with Crippen molar-refractivity contribution < 1.29 is 14.4 Å². The van der Waals surface area contributed by atoms with Gasteiger partial charge >= 0.3 is 5.63 Å². The molecule has 2 aromatic heterocycles. The largest absolute Gasteiger partial charge is 0.507 e. The van der Waals surface area contributed by atoms with Gasteiger partial charge in [-0.3, -0.25) is 0 Å². The molecular formula is C22H24N3O3+. The highest BCUT2D eigenvalue weighted by molar-refractivity contribution is 5.86. The third-order valence-corrected chi connectivity index (χ3v) is 5.44. The zero-order valence-corrected chi connectivity index (χ0v) is 16.3. The van der Waals surface area contributed by atoms with Crippen molar-refractivity contribution >= 4 is 22.0 Å². The van der Waals surface area contributed by atoms with E-state index in [2.05, 4.69) is 18.8 Å². The monoisotopic (exact) mass is 378 g/mol. The van der Waals surface area contributed by atoms with Gasteiger partial charge in [0.2, 0.25) is 0 Å². The Bertz CT molecular complexity index is 1220. The van der Waals surface area contributed by atoms with E-state index in [-0.39, 0.29) is 5.75 Å². The molecule has 6 nitrogen and oxygen atoms in total. The van der Waals surface area contributed by atoms with Crippen LogP contribution in [-0.2, 0) is 13.6 Å². The van der Waals surface area contributed by atoms with Crippen LogP contribution in [0.3, 0.4) is 0 Å². The molecule has 6 heteroatoms. The molecule has 4 aromatic rings. The van der Waals surface area contributed by atoms with Gasteiger partial charge in [0.05, 0.1) is 29.7 Å². The quantitative estimate of drug-likeness (QED) is 0.524. The summed E-state index contributed by atoms with van der Waals surface area (Å²) >= 11 is 0. The minimum absolute atomic E-state index is 0.158. The van der Waals surface area contributed by atoms with Crippen molar-refractivity contribution in [3.8, 4) is 17.1 Å². The van der Waals surface area contributed by atoms with E-state index in [9.17, 15) is 9.90 Å². The molecule has 28 heavy (non-hydrogen) atoms. The third-order valence-electron chi connectivity index (χ3n) is 5.44. The van der Waals surface area contributed by atoms with Gasteiger partial charge in [-0.25, -0.2) is 9.78 Å². The van der Waals surface area contributed by atoms with Gasteiger partial charge in [-0.1, -0.05) is 12.1 Å². The van der Waals surface area contributed by atoms with Gasteiger partial charge in [-0.2, -0.15) is 0 Å². The number of benzene rings is 2. The van der Waals surface area contributed by atoms with Crippen molar-refractivity contribution in [1.29, 1.82) is 0 Å². The average Bonchev–Trinajstić information content (AvgIpc) is 3.04. The minimum atomic E-state index is -0.452. The van der Waals surface area contributed by atoms with E-state index in [0.717, 1.165) is 29.5 Å². The molecule has 2 N–H and O–H groups in total. The molecule has 0 aliphatic carbocycles. The normalized spacial score (nSPS) is 11.7. The number of aromatic nitrogens is 2. The number of nitrogens with one attached hydrogen (secondary N) is 1. The van der Waals surface area contributed by atoms with Crippen LogP contribution in [0.25, 0.3) is 33.4 Å². The zero-order valence-electron chi connectivity index (χ0n) is 16.3. The number of hydrogen-bond donors (Lipinski definition) is 2. The lowest BCUT2D eigenvalue weighted by Crippen LogP contribution is -3.10. The van der Waals surface area contributed by atoms with Crippen LogP contribution in [-0.4, -0.2) is 27.7 Å². The smallest absolute Gasteiger partial charge is 0.347 e. The second-order valence-corrected chi connectivity index (χ2v) is 7.05. The second kappa shape index (κ2) is 7.13. The number of phenols is 1. The first kappa shape index (κ1) is 18.3. The molecule has 0 atom stereocenters. The van der Waals surface area contributed by atoms with Gasteiger partial charge in [-0.15, -0.1) is 0 Å². The van der Waals surface area contributed by atoms with Crippen LogP contribution in [0.1, 0.15) is 19.4 Å². The highest BCUT2D eigenvalue weighted by atomic mass is 16.4. The number of imidazole rings is 1. The highest BCUT2D eigenvalue weighted by Crippen LogP contribution is 2.29. The number of fused-ring (bicyclic) bond motifs is 2. The number of phenolic OH excluding ortho intramolecular Hbond substituents is 1. The molecule has 4 rings (SSSR count). The van der Waals surface area contributed by atoms with Crippen LogP contribution >= 0.6 is 0 Å². The number of hydrogen-bond acceptors (Lipinski definition) is 4. The Hall–Kier alpha value is -3.12. The van der Waals surface area contributed by atoms with E-state index >= 15 is 0 Å². The molecule has 0 saturated carbocycles. The highest BCUT2D eigenvalue weighted by Gasteiger charge is 2.19. The Morgan fingerprint density at radius 2 is 1.89 bits per heavy atom. The van der Waals surface area contributed by atoms with Gasteiger partial charge < -0.3 is 19.0 Å². The predicted molar refractivity (Wildman–Crippen MR) is 110 cm³/mol. The van der Waals surface area contributed by atoms with Gasteiger partial charge in [-0.05, 0) is 44.2 Å². The van der Waals surface area contributed by atoms with Crippen LogP contribution in [0.2, 0.25) is 0 Å². The maximum absolute atomic E-state index is 12.8. The Morgan fingerprint density at radius 3 is 2.61 bits per heavy atom. The zero-order chi connectivity index (χ0) is 19.8. The predicted octanol–water partition coefficient (Wildman–Crippen LogP) is 2.48. The van der Waals surface area contributed by atoms with E-state index in [1.807, 2.05) is 41.9 Å². The fourth-order valence-electron chi connectivity index (χ4n) is 3.69. The first-order valence-corrected chi connectivity index (χ1v) is 9.57. The summed E-state index contributed by atoms with van der Waals surface area (Å²) < 4.78 is 7.62. The molecule has 0 spiro atoms. The van der Waals surface area contributed by atoms with Crippen molar-refractivity contribution in [3.63, 3.8) is 0 Å². The summed E-state index contributed by atoms with van der Waals surface area (Å²) in [6.45, 7) is 6.65. The van der Waals surface area contributed by atoms with Gasteiger partial charge in [0, 0.05) is 12.4 Å².